The van der Waals surface area contributed by atoms with E-state index in [9.17, 15) is 4.79 Å². The third-order valence-electron chi connectivity index (χ3n) is 3.43. The average Bonchev–Trinajstić information content (AvgIpc) is 2.67. The van der Waals surface area contributed by atoms with Crippen LogP contribution in [0.3, 0.4) is 0 Å². The molecule has 0 spiro atoms. The molecular weight excluding hydrogens is 258 g/mol. The lowest BCUT2D eigenvalue weighted by Gasteiger charge is -2.36. The molecule has 1 aromatic heterocycles. The fourth-order valence-electron chi connectivity index (χ4n) is 2.25. The van der Waals surface area contributed by atoms with Crippen LogP contribution in [0.25, 0.3) is 0 Å². The largest absolute Gasteiger partial charge is 0.481 e. The number of thiophene rings is 1. The molecule has 0 aliphatic carbocycles. The maximum absolute atomic E-state index is 11.0. The van der Waals surface area contributed by atoms with Crippen LogP contribution in [0.5, 0.6) is 0 Å². The number of likely N-dealkylation sites (tertiary alicyclic amines) is 1. The summed E-state index contributed by atoms with van der Waals surface area (Å²) in [4.78, 5) is 13.2. The molecule has 1 aliphatic rings. The van der Waals surface area contributed by atoms with E-state index in [0.29, 0.717) is 12.6 Å². The fourth-order valence-corrected chi connectivity index (χ4v) is 3.16. The fraction of sp³-hybridized carbons (Fsp3) is 0.583. The molecule has 1 N–H and O–H groups in total. The Morgan fingerprint density at radius 3 is 3.00 bits per heavy atom. The molecule has 1 aliphatic heterocycles. The van der Waals surface area contributed by atoms with Gasteiger partial charge in [0, 0.05) is 19.1 Å². The molecule has 1 aromatic rings. The predicted molar refractivity (Wildman–Crippen MR) is 69.6 cm³/mol. The van der Waals surface area contributed by atoms with Crippen molar-refractivity contribution >= 4 is 28.9 Å². The number of halogens is 1. The van der Waals surface area contributed by atoms with Gasteiger partial charge in [-0.3, -0.25) is 9.69 Å². The summed E-state index contributed by atoms with van der Waals surface area (Å²) in [7, 11) is 0. The maximum atomic E-state index is 11.0. The number of carboxylic acids is 1. The Labute approximate surface area is 110 Å². The Kier molecular flexibility index (Phi) is 4.07. The van der Waals surface area contributed by atoms with Gasteiger partial charge in [0.05, 0.1) is 10.3 Å². The third kappa shape index (κ3) is 3.00. The van der Waals surface area contributed by atoms with E-state index in [4.69, 9.17) is 16.7 Å². The van der Waals surface area contributed by atoms with Gasteiger partial charge in [-0.1, -0.05) is 11.6 Å². The minimum atomic E-state index is -0.682. The molecule has 1 saturated heterocycles. The van der Waals surface area contributed by atoms with Gasteiger partial charge < -0.3 is 5.11 Å². The molecule has 0 radical (unpaired) electrons. The third-order valence-corrected chi connectivity index (χ3v) is 4.68. The van der Waals surface area contributed by atoms with Crippen LogP contribution in [0.15, 0.2) is 11.4 Å². The number of piperidine rings is 1. The summed E-state index contributed by atoms with van der Waals surface area (Å²) in [5.41, 5.74) is 1.11. The zero-order valence-electron chi connectivity index (χ0n) is 9.73. The van der Waals surface area contributed by atoms with Crippen molar-refractivity contribution in [2.24, 2.45) is 5.92 Å². The Balaban J connectivity index is 2.03. The van der Waals surface area contributed by atoms with Gasteiger partial charge >= 0.3 is 5.97 Å². The van der Waals surface area contributed by atoms with Crippen molar-refractivity contribution in [3.8, 4) is 0 Å². The first-order valence-electron chi connectivity index (χ1n) is 5.76. The Morgan fingerprint density at radius 1 is 1.65 bits per heavy atom. The molecule has 0 bridgehead atoms. The van der Waals surface area contributed by atoms with Gasteiger partial charge in [0.1, 0.15) is 0 Å². The molecule has 0 aromatic carbocycles. The lowest BCUT2D eigenvalue weighted by Crippen LogP contribution is -2.43. The first-order chi connectivity index (χ1) is 8.08. The molecule has 3 nitrogen and oxygen atoms in total. The highest BCUT2D eigenvalue weighted by atomic mass is 35.5. The standard InChI is InChI=1S/C12H16ClNO2S/c1-8-2-3-10(12(15)16)7-14(8)6-9-4-5-17-11(9)13/h4-5,8,10H,2-3,6-7H2,1H3,(H,15,16). The monoisotopic (exact) mass is 273 g/mol. The van der Waals surface area contributed by atoms with Gasteiger partial charge in [-0.2, -0.15) is 0 Å². The lowest BCUT2D eigenvalue weighted by atomic mass is 9.93. The summed E-state index contributed by atoms with van der Waals surface area (Å²) in [5, 5.41) is 11.0. The maximum Gasteiger partial charge on any atom is 0.307 e. The van der Waals surface area contributed by atoms with E-state index in [-0.39, 0.29) is 5.92 Å². The second kappa shape index (κ2) is 5.38. The van der Waals surface area contributed by atoms with Crippen LogP contribution in [0, 0.1) is 5.92 Å². The Bertz CT molecular complexity index is 407. The zero-order chi connectivity index (χ0) is 12.4. The predicted octanol–water partition coefficient (Wildman–Crippen LogP) is 3.09. The molecule has 1 fully saturated rings. The minimum absolute atomic E-state index is 0.233. The second-order valence-electron chi connectivity index (χ2n) is 4.61. The second-order valence-corrected chi connectivity index (χ2v) is 6.13. The van der Waals surface area contributed by atoms with Crippen LogP contribution in [-0.2, 0) is 11.3 Å². The Morgan fingerprint density at radius 2 is 2.41 bits per heavy atom. The number of carboxylic acid groups (broad SMARTS) is 1. The summed E-state index contributed by atoms with van der Waals surface area (Å²) in [6.45, 7) is 3.54. The van der Waals surface area contributed by atoms with Gasteiger partial charge in [0.15, 0.2) is 0 Å². The van der Waals surface area contributed by atoms with E-state index in [1.807, 2.05) is 11.4 Å². The summed E-state index contributed by atoms with van der Waals surface area (Å²) >= 11 is 7.60. The molecule has 2 rings (SSSR count). The van der Waals surface area contributed by atoms with E-state index < -0.39 is 5.97 Å². The molecule has 2 unspecified atom stereocenters. The molecule has 2 heterocycles. The van der Waals surface area contributed by atoms with Gasteiger partial charge in [0.25, 0.3) is 0 Å². The number of carbonyl (C=O) groups is 1. The van der Waals surface area contributed by atoms with E-state index in [1.165, 1.54) is 11.3 Å². The molecule has 17 heavy (non-hydrogen) atoms. The van der Waals surface area contributed by atoms with E-state index in [1.54, 1.807) is 0 Å². The van der Waals surface area contributed by atoms with Crippen molar-refractivity contribution < 1.29 is 9.90 Å². The number of hydrogen-bond acceptors (Lipinski definition) is 3. The highest BCUT2D eigenvalue weighted by molar-refractivity contribution is 7.14. The molecular formula is C12H16ClNO2S. The van der Waals surface area contributed by atoms with Gasteiger partial charge in [-0.05, 0) is 36.8 Å². The number of nitrogens with zero attached hydrogens (tertiary/aromatic N) is 1. The number of aliphatic carboxylic acids is 1. The van der Waals surface area contributed by atoms with E-state index in [2.05, 4.69) is 11.8 Å². The normalized spacial score (nSPS) is 26.0. The first-order valence-corrected chi connectivity index (χ1v) is 7.02. The molecule has 94 valence electrons. The highest BCUT2D eigenvalue weighted by Gasteiger charge is 2.29. The molecule has 0 amide bonds. The van der Waals surface area contributed by atoms with Crippen molar-refractivity contribution in [3.63, 3.8) is 0 Å². The average molecular weight is 274 g/mol. The molecule has 5 heteroatoms. The lowest BCUT2D eigenvalue weighted by molar-refractivity contribution is -0.144. The van der Waals surface area contributed by atoms with Crippen molar-refractivity contribution in [2.45, 2.75) is 32.4 Å². The van der Waals surface area contributed by atoms with Gasteiger partial charge in [-0.15, -0.1) is 11.3 Å². The van der Waals surface area contributed by atoms with E-state index in [0.717, 1.165) is 29.3 Å². The number of hydrogen-bond donors (Lipinski definition) is 1. The first kappa shape index (κ1) is 12.9. The van der Waals surface area contributed by atoms with Crippen molar-refractivity contribution in [1.29, 1.82) is 0 Å². The SMILES string of the molecule is CC1CCC(C(=O)O)CN1Cc1ccsc1Cl. The minimum Gasteiger partial charge on any atom is -0.481 e. The summed E-state index contributed by atoms with van der Waals surface area (Å²) < 4.78 is 0.814. The van der Waals surface area contributed by atoms with Crippen LogP contribution < -0.4 is 0 Å². The number of rotatable bonds is 3. The van der Waals surface area contributed by atoms with Gasteiger partial charge in [0.2, 0.25) is 0 Å². The summed E-state index contributed by atoms with van der Waals surface area (Å²) in [6, 6.07) is 2.45. The molecule has 2 atom stereocenters. The van der Waals surface area contributed by atoms with Crippen LogP contribution >= 0.6 is 22.9 Å². The molecule has 0 saturated carbocycles. The Hall–Kier alpha value is -0.580. The van der Waals surface area contributed by atoms with Crippen molar-refractivity contribution in [3.05, 3.63) is 21.3 Å². The zero-order valence-corrected chi connectivity index (χ0v) is 11.3. The summed E-state index contributed by atoms with van der Waals surface area (Å²) in [6.07, 6.45) is 1.73. The van der Waals surface area contributed by atoms with Crippen LogP contribution in [0.4, 0.5) is 0 Å². The van der Waals surface area contributed by atoms with Crippen LogP contribution in [0.1, 0.15) is 25.3 Å². The van der Waals surface area contributed by atoms with Crippen LogP contribution in [-0.4, -0.2) is 28.6 Å². The summed E-state index contributed by atoms with van der Waals surface area (Å²) in [5.74, 6) is -0.915. The van der Waals surface area contributed by atoms with Crippen molar-refractivity contribution in [2.75, 3.05) is 6.54 Å². The highest BCUT2D eigenvalue weighted by Crippen LogP contribution is 2.28. The van der Waals surface area contributed by atoms with Gasteiger partial charge in [-0.25, -0.2) is 0 Å². The van der Waals surface area contributed by atoms with Crippen LogP contribution in [0.2, 0.25) is 4.34 Å². The topological polar surface area (TPSA) is 40.5 Å². The van der Waals surface area contributed by atoms with E-state index >= 15 is 0 Å². The van der Waals surface area contributed by atoms with Crippen molar-refractivity contribution in [1.82, 2.24) is 4.90 Å². The smallest absolute Gasteiger partial charge is 0.307 e. The quantitative estimate of drug-likeness (QED) is 0.920.